The summed E-state index contributed by atoms with van der Waals surface area (Å²) in [6.07, 6.45) is 1.43. The molecule has 0 aliphatic heterocycles. The Morgan fingerprint density at radius 1 is 1.16 bits per heavy atom. The van der Waals surface area contributed by atoms with E-state index < -0.39 is 0 Å². The number of halogens is 1. The average Bonchev–Trinajstić information content (AvgIpc) is 2.84. The molecule has 5 nitrogen and oxygen atoms in total. The van der Waals surface area contributed by atoms with Crippen LogP contribution in [0.1, 0.15) is 10.4 Å². The van der Waals surface area contributed by atoms with Gasteiger partial charge in [0.25, 0.3) is 0 Å². The first-order valence-corrected chi connectivity index (χ1v) is 7.22. The quantitative estimate of drug-likeness (QED) is 0.873. The molecule has 0 atom stereocenters. The summed E-state index contributed by atoms with van der Waals surface area (Å²) in [6.45, 7) is 1.36. The molecule has 2 aromatic heterocycles. The lowest BCUT2D eigenvalue weighted by Crippen LogP contribution is -2.14. The van der Waals surface area contributed by atoms with Crippen LogP contribution in [0.2, 0.25) is 0 Å². The third kappa shape index (κ3) is 3.65. The Morgan fingerprint density at radius 2 is 1.84 bits per heavy atom. The van der Waals surface area contributed by atoms with Gasteiger partial charge in [-0.3, -0.25) is 0 Å². The van der Waals surface area contributed by atoms with E-state index in [2.05, 4.69) is 37.3 Å². The molecule has 0 aliphatic rings. The van der Waals surface area contributed by atoms with Crippen LogP contribution in [0.15, 0.2) is 22.2 Å². The second-order valence-electron chi connectivity index (χ2n) is 3.68. The lowest BCUT2D eigenvalue weighted by molar-refractivity contribution is 0.359. The highest BCUT2D eigenvalue weighted by Crippen LogP contribution is 2.24. The summed E-state index contributed by atoms with van der Waals surface area (Å²) >= 11 is 5.15. The van der Waals surface area contributed by atoms with E-state index in [1.807, 2.05) is 6.07 Å². The number of methoxy groups -OCH3 is 2. The van der Waals surface area contributed by atoms with Crippen LogP contribution in [0.25, 0.3) is 0 Å². The van der Waals surface area contributed by atoms with Crippen molar-refractivity contribution in [2.45, 2.75) is 13.1 Å². The zero-order valence-corrected chi connectivity index (χ0v) is 13.0. The number of hydrogen-bond donors (Lipinski definition) is 1. The van der Waals surface area contributed by atoms with E-state index in [1.54, 1.807) is 25.6 Å². The second kappa shape index (κ2) is 6.83. The summed E-state index contributed by atoms with van der Waals surface area (Å²) in [5.41, 5.74) is 0.822. The Balaban J connectivity index is 2.02. The van der Waals surface area contributed by atoms with Crippen molar-refractivity contribution in [1.82, 2.24) is 15.3 Å². The Hall–Kier alpha value is -1.18. The second-order valence-corrected chi connectivity index (χ2v) is 6.23. The fraction of sp³-hybridized carbons (Fsp3) is 0.333. The van der Waals surface area contributed by atoms with Crippen LogP contribution in [0.5, 0.6) is 11.8 Å². The van der Waals surface area contributed by atoms with Gasteiger partial charge in [-0.2, -0.15) is 0 Å². The molecule has 2 rings (SSSR count). The standard InChI is InChI=1S/C12H14BrN3O2S/c1-17-11-9(12(18-2)16-7-15-11)6-14-5-8-3-4-10(13)19-8/h3-4,7,14H,5-6H2,1-2H3. The molecular formula is C12H14BrN3O2S. The fourth-order valence-electron chi connectivity index (χ4n) is 1.64. The van der Waals surface area contributed by atoms with Gasteiger partial charge < -0.3 is 14.8 Å². The van der Waals surface area contributed by atoms with Crippen LogP contribution in [-0.4, -0.2) is 24.2 Å². The van der Waals surface area contributed by atoms with E-state index in [0.29, 0.717) is 18.3 Å². The molecule has 102 valence electrons. The fourth-order valence-corrected chi connectivity index (χ4v) is 3.09. The molecule has 0 spiro atoms. The van der Waals surface area contributed by atoms with Crippen molar-refractivity contribution in [3.05, 3.63) is 32.7 Å². The van der Waals surface area contributed by atoms with Gasteiger partial charge in [0.15, 0.2) is 0 Å². The maximum atomic E-state index is 5.22. The van der Waals surface area contributed by atoms with Crippen LogP contribution in [0, 0.1) is 0 Å². The first kappa shape index (κ1) is 14.2. The van der Waals surface area contributed by atoms with E-state index in [1.165, 1.54) is 11.2 Å². The molecule has 0 unspecified atom stereocenters. The first-order valence-electron chi connectivity index (χ1n) is 5.61. The van der Waals surface area contributed by atoms with E-state index >= 15 is 0 Å². The summed E-state index contributed by atoms with van der Waals surface area (Å²) in [6, 6.07) is 4.12. The van der Waals surface area contributed by atoms with Crippen molar-refractivity contribution in [3.63, 3.8) is 0 Å². The van der Waals surface area contributed by atoms with Gasteiger partial charge in [0, 0.05) is 18.0 Å². The molecule has 2 heterocycles. The molecule has 1 N–H and O–H groups in total. The average molecular weight is 344 g/mol. The molecule has 0 radical (unpaired) electrons. The van der Waals surface area contributed by atoms with E-state index in [4.69, 9.17) is 9.47 Å². The molecule has 19 heavy (non-hydrogen) atoms. The molecule has 0 amide bonds. The summed E-state index contributed by atoms with van der Waals surface area (Å²) in [5, 5.41) is 3.33. The van der Waals surface area contributed by atoms with Crippen molar-refractivity contribution in [1.29, 1.82) is 0 Å². The molecule has 0 saturated heterocycles. The van der Waals surface area contributed by atoms with Gasteiger partial charge in [-0.15, -0.1) is 11.3 Å². The van der Waals surface area contributed by atoms with Crippen molar-refractivity contribution >= 4 is 27.3 Å². The van der Waals surface area contributed by atoms with Crippen molar-refractivity contribution in [2.75, 3.05) is 14.2 Å². The third-order valence-electron chi connectivity index (χ3n) is 2.48. The first-order chi connectivity index (χ1) is 9.24. The van der Waals surface area contributed by atoms with Gasteiger partial charge in [-0.25, -0.2) is 9.97 Å². The van der Waals surface area contributed by atoms with Crippen LogP contribution in [0.3, 0.4) is 0 Å². The minimum atomic E-state index is 0.534. The molecule has 7 heteroatoms. The minimum Gasteiger partial charge on any atom is -0.481 e. The summed E-state index contributed by atoms with van der Waals surface area (Å²) in [5.74, 6) is 1.07. The van der Waals surface area contributed by atoms with E-state index in [-0.39, 0.29) is 0 Å². The largest absolute Gasteiger partial charge is 0.481 e. The Morgan fingerprint density at radius 3 is 2.37 bits per heavy atom. The van der Waals surface area contributed by atoms with Crippen LogP contribution in [-0.2, 0) is 13.1 Å². The number of aromatic nitrogens is 2. The molecule has 0 aliphatic carbocycles. The normalized spacial score (nSPS) is 10.5. The summed E-state index contributed by atoms with van der Waals surface area (Å²) < 4.78 is 11.6. The Bertz CT molecular complexity index is 525. The molecule has 0 bridgehead atoms. The molecule has 0 saturated carbocycles. The van der Waals surface area contributed by atoms with Gasteiger partial charge in [0.2, 0.25) is 11.8 Å². The number of rotatable bonds is 6. The topological polar surface area (TPSA) is 56.3 Å². The zero-order valence-electron chi connectivity index (χ0n) is 10.6. The van der Waals surface area contributed by atoms with E-state index in [0.717, 1.165) is 15.9 Å². The molecule has 0 fully saturated rings. The van der Waals surface area contributed by atoms with Gasteiger partial charge in [-0.1, -0.05) is 0 Å². The molecule has 0 aromatic carbocycles. The van der Waals surface area contributed by atoms with Gasteiger partial charge in [0.1, 0.15) is 6.33 Å². The number of nitrogens with zero attached hydrogens (tertiary/aromatic N) is 2. The predicted molar refractivity (Wildman–Crippen MR) is 77.7 cm³/mol. The smallest absolute Gasteiger partial charge is 0.224 e. The number of hydrogen-bond acceptors (Lipinski definition) is 6. The maximum Gasteiger partial charge on any atom is 0.224 e. The number of ether oxygens (including phenoxy) is 2. The number of nitrogens with one attached hydrogen (secondary N) is 1. The summed E-state index contributed by atoms with van der Waals surface area (Å²) in [4.78, 5) is 9.41. The van der Waals surface area contributed by atoms with Gasteiger partial charge in [0.05, 0.1) is 23.6 Å². The monoisotopic (exact) mass is 343 g/mol. The van der Waals surface area contributed by atoms with Crippen LogP contribution >= 0.6 is 27.3 Å². The maximum absolute atomic E-state index is 5.22. The predicted octanol–water partition coefficient (Wildman–Crippen LogP) is 2.61. The minimum absolute atomic E-state index is 0.534. The number of thiophene rings is 1. The molecular weight excluding hydrogens is 330 g/mol. The van der Waals surface area contributed by atoms with Crippen molar-refractivity contribution in [3.8, 4) is 11.8 Å². The zero-order chi connectivity index (χ0) is 13.7. The highest BCUT2D eigenvalue weighted by molar-refractivity contribution is 9.11. The van der Waals surface area contributed by atoms with Crippen LogP contribution in [0.4, 0.5) is 0 Å². The highest BCUT2D eigenvalue weighted by Gasteiger charge is 2.12. The highest BCUT2D eigenvalue weighted by atomic mass is 79.9. The van der Waals surface area contributed by atoms with Gasteiger partial charge in [-0.05, 0) is 28.1 Å². The van der Waals surface area contributed by atoms with E-state index in [9.17, 15) is 0 Å². The Kier molecular flexibility index (Phi) is 5.12. The van der Waals surface area contributed by atoms with Crippen molar-refractivity contribution in [2.24, 2.45) is 0 Å². The Labute approximate surface area is 124 Å². The lowest BCUT2D eigenvalue weighted by atomic mass is 10.3. The summed E-state index contributed by atoms with van der Waals surface area (Å²) in [7, 11) is 3.17. The van der Waals surface area contributed by atoms with Crippen molar-refractivity contribution < 1.29 is 9.47 Å². The van der Waals surface area contributed by atoms with Gasteiger partial charge >= 0.3 is 0 Å². The molecule has 2 aromatic rings. The SMILES string of the molecule is COc1ncnc(OC)c1CNCc1ccc(Br)s1. The lowest BCUT2D eigenvalue weighted by Gasteiger charge is -2.11. The van der Waals surface area contributed by atoms with Crippen LogP contribution < -0.4 is 14.8 Å². The third-order valence-corrected chi connectivity index (χ3v) is 4.11.